The van der Waals surface area contributed by atoms with E-state index in [-0.39, 0.29) is 11.8 Å². The van der Waals surface area contributed by atoms with Crippen molar-refractivity contribution in [3.8, 4) is 11.5 Å². The topological polar surface area (TPSA) is 35.2 Å². The number of rotatable bonds is 3. The smallest absolute Gasteiger partial charge is 0.166 e. The molecule has 100 valence electrons. The lowest BCUT2D eigenvalue weighted by Crippen LogP contribution is -2.05. The summed E-state index contributed by atoms with van der Waals surface area (Å²) in [4.78, 5) is 0. The van der Waals surface area contributed by atoms with Crippen molar-refractivity contribution in [2.45, 2.75) is 26.8 Å². The molecule has 0 saturated carbocycles. The van der Waals surface area contributed by atoms with Crippen molar-refractivity contribution in [1.82, 2.24) is 0 Å². The lowest BCUT2D eigenvalue weighted by atomic mass is 10.1. The van der Waals surface area contributed by atoms with Crippen LogP contribution in [0.4, 0.5) is 4.39 Å². The maximum Gasteiger partial charge on any atom is 0.166 e. The summed E-state index contributed by atoms with van der Waals surface area (Å²) in [6, 6.07) is 10.3. The van der Waals surface area contributed by atoms with Crippen molar-refractivity contribution < 1.29 is 9.13 Å². The minimum absolute atomic E-state index is 0.190. The fourth-order valence-electron chi connectivity index (χ4n) is 1.79. The standard InChI is InChI=1S/C16H18FNO/c1-10-4-6-14(8-11(10)2)19-16-7-5-13(12(3)18)9-15(16)17/h4-9,12H,18H2,1-3H3. The predicted molar refractivity (Wildman–Crippen MR) is 75.0 cm³/mol. The molecule has 0 aliphatic carbocycles. The number of ether oxygens (including phenoxy) is 1. The van der Waals surface area contributed by atoms with Crippen molar-refractivity contribution >= 4 is 0 Å². The van der Waals surface area contributed by atoms with E-state index >= 15 is 0 Å². The van der Waals surface area contributed by atoms with Gasteiger partial charge >= 0.3 is 0 Å². The van der Waals surface area contributed by atoms with E-state index in [4.69, 9.17) is 10.5 Å². The highest BCUT2D eigenvalue weighted by Crippen LogP contribution is 2.27. The molecule has 0 aromatic heterocycles. The Balaban J connectivity index is 2.25. The maximum absolute atomic E-state index is 13.9. The van der Waals surface area contributed by atoms with Gasteiger partial charge in [0.15, 0.2) is 11.6 Å². The number of halogens is 1. The molecule has 2 rings (SSSR count). The first-order chi connectivity index (χ1) is 8.97. The molecule has 0 aliphatic heterocycles. The average Bonchev–Trinajstić information content (AvgIpc) is 2.36. The van der Waals surface area contributed by atoms with Crippen LogP contribution in [0.15, 0.2) is 36.4 Å². The number of aryl methyl sites for hydroxylation is 2. The molecule has 0 fully saturated rings. The Morgan fingerprint density at radius 3 is 2.37 bits per heavy atom. The normalized spacial score (nSPS) is 12.3. The van der Waals surface area contributed by atoms with Crippen molar-refractivity contribution in [3.63, 3.8) is 0 Å². The van der Waals surface area contributed by atoms with Crippen LogP contribution < -0.4 is 10.5 Å². The van der Waals surface area contributed by atoms with Gasteiger partial charge in [-0.15, -0.1) is 0 Å². The third-order valence-corrected chi connectivity index (χ3v) is 3.19. The molecule has 0 saturated heterocycles. The molecule has 0 spiro atoms. The van der Waals surface area contributed by atoms with Gasteiger partial charge in [0, 0.05) is 6.04 Å². The van der Waals surface area contributed by atoms with Gasteiger partial charge in [0.1, 0.15) is 5.75 Å². The van der Waals surface area contributed by atoms with Crippen molar-refractivity contribution in [3.05, 3.63) is 58.9 Å². The number of hydrogen-bond donors (Lipinski definition) is 1. The summed E-state index contributed by atoms with van der Waals surface area (Å²) in [6.45, 7) is 5.84. The quantitative estimate of drug-likeness (QED) is 0.894. The van der Waals surface area contributed by atoms with Gasteiger partial charge in [-0.25, -0.2) is 4.39 Å². The first-order valence-electron chi connectivity index (χ1n) is 6.27. The Morgan fingerprint density at radius 1 is 1.05 bits per heavy atom. The lowest BCUT2D eigenvalue weighted by Gasteiger charge is -2.11. The van der Waals surface area contributed by atoms with Gasteiger partial charge in [-0.2, -0.15) is 0 Å². The summed E-state index contributed by atoms with van der Waals surface area (Å²) in [5.41, 5.74) is 8.77. The zero-order valence-electron chi connectivity index (χ0n) is 11.4. The van der Waals surface area contributed by atoms with Gasteiger partial charge in [-0.1, -0.05) is 12.1 Å². The summed E-state index contributed by atoms with van der Waals surface area (Å²) >= 11 is 0. The predicted octanol–water partition coefficient (Wildman–Crippen LogP) is 4.25. The Labute approximate surface area is 113 Å². The SMILES string of the molecule is Cc1ccc(Oc2ccc(C(C)N)cc2F)cc1C. The molecule has 0 aliphatic rings. The lowest BCUT2D eigenvalue weighted by molar-refractivity contribution is 0.441. The summed E-state index contributed by atoms with van der Waals surface area (Å²) in [5.74, 6) is 0.455. The Kier molecular flexibility index (Phi) is 3.86. The van der Waals surface area contributed by atoms with E-state index in [0.717, 1.165) is 11.1 Å². The van der Waals surface area contributed by atoms with E-state index in [9.17, 15) is 4.39 Å². The molecule has 0 radical (unpaired) electrons. The summed E-state index contributed by atoms with van der Waals surface area (Å²) in [7, 11) is 0. The second-order valence-corrected chi connectivity index (χ2v) is 4.83. The summed E-state index contributed by atoms with van der Waals surface area (Å²) in [5, 5.41) is 0. The average molecular weight is 259 g/mol. The minimum atomic E-state index is -0.395. The van der Waals surface area contributed by atoms with Crippen LogP contribution in [0.3, 0.4) is 0 Å². The third-order valence-electron chi connectivity index (χ3n) is 3.19. The van der Waals surface area contributed by atoms with E-state index < -0.39 is 5.82 Å². The van der Waals surface area contributed by atoms with Crippen LogP contribution in [0.1, 0.15) is 29.7 Å². The van der Waals surface area contributed by atoms with Gasteiger partial charge in [0.25, 0.3) is 0 Å². The molecular weight excluding hydrogens is 241 g/mol. The molecule has 1 unspecified atom stereocenters. The van der Waals surface area contributed by atoms with Crippen LogP contribution in [-0.2, 0) is 0 Å². The van der Waals surface area contributed by atoms with Gasteiger partial charge in [0.05, 0.1) is 0 Å². The van der Waals surface area contributed by atoms with Crippen LogP contribution >= 0.6 is 0 Å². The highest BCUT2D eigenvalue weighted by Gasteiger charge is 2.08. The van der Waals surface area contributed by atoms with Crippen molar-refractivity contribution in [2.24, 2.45) is 5.73 Å². The highest BCUT2D eigenvalue weighted by atomic mass is 19.1. The monoisotopic (exact) mass is 259 g/mol. The number of hydrogen-bond acceptors (Lipinski definition) is 2. The molecule has 2 aromatic carbocycles. The summed E-state index contributed by atoms with van der Waals surface area (Å²) in [6.07, 6.45) is 0. The van der Waals surface area contributed by atoms with Crippen LogP contribution in [0.5, 0.6) is 11.5 Å². The Bertz CT molecular complexity index is 593. The van der Waals surface area contributed by atoms with Gasteiger partial charge in [-0.05, 0) is 61.7 Å². The third kappa shape index (κ3) is 3.12. The van der Waals surface area contributed by atoms with Gasteiger partial charge in [-0.3, -0.25) is 0 Å². The molecule has 2 N–H and O–H groups in total. The van der Waals surface area contributed by atoms with Crippen LogP contribution in [-0.4, -0.2) is 0 Å². The first-order valence-corrected chi connectivity index (χ1v) is 6.27. The Hall–Kier alpha value is -1.87. The van der Waals surface area contributed by atoms with E-state index in [1.54, 1.807) is 12.1 Å². The molecule has 3 heteroatoms. The fourth-order valence-corrected chi connectivity index (χ4v) is 1.79. The number of nitrogens with two attached hydrogens (primary N) is 1. The molecule has 2 nitrogen and oxygen atoms in total. The molecular formula is C16H18FNO. The largest absolute Gasteiger partial charge is 0.454 e. The van der Waals surface area contributed by atoms with Crippen molar-refractivity contribution in [2.75, 3.05) is 0 Å². The molecule has 2 aromatic rings. The molecule has 19 heavy (non-hydrogen) atoms. The van der Waals surface area contributed by atoms with E-state index in [1.165, 1.54) is 11.6 Å². The van der Waals surface area contributed by atoms with Crippen LogP contribution in [0.25, 0.3) is 0 Å². The summed E-state index contributed by atoms with van der Waals surface area (Å²) < 4.78 is 19.5. The van der Waals surface area contributed by atoms with Crippen LogP contribution in [0.2, 0.25) is 0 Å². The van der Waals surface area contributed by atoms with Crippen LogP contribution in [0, 0.1) is 19.7 Å². The molecule has 1 atom stereocenters. The zero-order chi connectivity index (χ0) is 14.0. The second-order valence-electron chi connectivity index (χ2n) is 4.83. The van der Waals surface area contributed by atoms with Crippen molar-refractivity contribution in [1.29, 1.82) is 0 Å². The maximum atomic E-state index is 13.9. The molecule has 0 amide bonds. The van der Waals surface area contributed by atoms with Gasteiger partial charge in [0.2, 0.25) is 0 Å². The van der Waals surface area contributed by atoms with Gasteiger partial charge < -0.3 is 10.5 Å². The second kappa shape index (κ2) is 5.41. The zero-order valence-corrected chi connectivity index (χ0v) is 11.4. The van der Waals surface area contributed by atoms with E-state index in [2.05, 4.69) is 0 Å². The van der Waals surface area contributed by atoms with E-state index in [0.29, 0.717) is 5.75 Å². The highest BCUT2D eigenvalue weighted by molar-refractivity contribution is 5.38. The number of benzene rings is 2. The molecule has 0 heterocycles. The first kappa shape index (κ1) is 13.6. The minimum Gasteiger partial charge on any atom is -0.454 e. The fraction of sp³-hybridized carbons (Fsp3) is 0.250. The molecule has 0 bridgehead atoms. The Morgan fingerprint density at radius 2 is 1.79 bits per heavy atom. The van der Waals surface area contributed by atoms with E-state index in [1.807, 2.05) is 39.0 Å².